The quantitative estimate of drug-likeness (QED) is 0.486. The van der Waals surface area contributed by atoms with Crippen LogP contribution in [-0.2, 0) is 11.2 Å². The van der Waals surface area contributed by atoms with Gasteiger partial charge in [-0.05, 0) is 30.2 Å². The second-order valence-corrected chi connectivity index (χ2v) is 7.13. The Hall–Kier alpha value is -3.46. The predicted molar refractivity (Wildman–Crippen MR) is 109 cm³/mol. The summed E-state index contributed by atoms with van der Waals surface area (Å²) in [5.41, 5.74) is 1.78. The number of ether oxygens (including phenoxy) is 3. The molecular weight excluding hydrogens is 384 g/mol. The molecule has 5 rings (SSSR count). The standard InChI is InChI=1S/C21H22N6O3/c1-28-17-5-4-14(10-18(17)29-2)11-19-24-20(27(25-19)15-6-9-30-13-15)16-12-26-8-3-7-22-21(26)23-16/h3-5,7-8,10,12,15H,6,9,11,13H2,1-2H3. The second-order valence-electron chi connectivity index (χ2n) is 7.13. The molecule has 1 saturated heterocycles. The van der Waals surface area contributed by atoms with Gasteiger partial charge in [-0.3, -0.25) is 4.40 Å². The van der Waals surface area contributed by atoms with Crippen LogP contribution in [0.5, 0.6) is 11.5 Å². The zero-order valence-corrected chi connectivity index (χ0v) is 16.9. The van der Waals surface area contributed by atoms with E-state index in [2.05, 4.69) is 9.97 Å². The predicted octanol–water partition coefficient (Wildman–Crippen LogP) is 2.56. The molecule has 1 aliphatic rings. The lowest BCUT2D eigenvalue weighted by Gasteiger charge is -2.10. The molecule has 9 nitrogen and oxygen atoms in total. The van der Waals surface area contributed by atoms with Crippen molar-refractivity contribution in [3.63, 3.8) is 0 Å². The molecule has 154 valence electrons. The molecule has 9 heteroatoms. The Labute approximate surface area is 173 Å². The van der Waals surface area contributed by atoms with Gasteiger partial charge in [-0.2, -0.15) is 5.10 Å². The summed E-state index contributed by atoms with van der Waals surface area (Å²) in [7, 11) is 3.25. The molecule has 0 radical (unpaired) electrons. The molecule has 1 unspecified atom stereocenters. The maximum atomic E-state index is 5.59. The number of hydrogen-bond acceptors (Lipinski definition) is 7. The maximum Gasteiger partial charge on any atom is 0.234 e. The van der Waals surface area contributed by atoms with Crippen molar-refractivity contribution in [1.82, 2.24) is 29.1 Å². The van der Waals surface area contributed by atoms with E-state index in [1.54, 1.807) is 20.4 Å². The number of hydrogen-bond donors (Lipinski definition) is 0. The van der Waals surface area contributed by atoms with Gasteiger partial charge >= 0.3 is 0 Å². The average molecular weight is 406 g/mol. The SMILES string of the molecule is COc1ccc(Cc2nc(-c3cn4cccnc4n3)n(C3CCOC3)n2)cc1OC. The van der Waals surface area contributed by atoms with Gasteiger partial charge in [-0.1, -0.05) is 6.07 Å². The van der Waals surface area contributed by atoms with E-state index in [4.69, 9.17) is 24.3 Å². The summed E-state index contributed by atoms with van der Waals surface area (Å²) in [4.78, 5) is 13.8. The molecule has 0 amide bonds. The molecule has 3 aromatic heterocycles. The van der Waals surface area contributed by atoms with Crippen molar-refractivity contribution in [2.45, 2.75) is 18.9 Å². The van der Waals surface area contributed by atoms with E-state index < -0.39 is 0 Å². The molecule has 0 aliphatic carbocycles. The van der Waals surface area contributed by atoms with Gasteiger partial charge in [0.2, 0.25) is 5.78 Å². The number of methoxy groups -OCH3 is 2. The van der Waals surface area contributed by atoms with Crippen molar-refractivity contribution < 1.29 is 14.2 Å². The minimum atomic E-state index is 0.143. The first-order chi connectivity index (χ1) is 14.7. The van der Waals surface area contributed by atoms with Gasteiger partial charge in [0.25, 0.3) is 0 Å². The van der Waals surface area contributed by atoms with Gasteiger partial charge in [0.1, 0.15) is 5.69 Å². The van der Waals surface area contributed by atoms with Gasteiger partial charge in [0.15, 0.2) is 23.1 Å². The highest BCUT2D eigenvalue weighted by molar-refractivity contribution is 5.54. The van der Waals surface area contributed by atoms with E-state index in [9.17, 15) is 0 Å². The third-order valence-corrected chi connectivity index (χ3v) is 5.20. The Bertz CT molecular complexity index is 1150. The van der Waals surface area contributed by atoms with E-state index in [1.807, 2.05) is 45.7 Å². The van der Waals surface area contributed by atoms with Gasteiger partial charge < -0.3 is 14.2 Å². The zero-order chi connectivity index (χ0) is 20.5. The Morgan fingerprint density at radius 1 is 1.17 bits per heavy atom. The first-order valence-electron chi connectivity index (χ1n) is 9.79. The van der Waals surface area contributed by atoms with Gasteiger partial charge in [0.05, 0.1) is 26.9 Å². The largest absolute Gasteiger partial charge is 0.493 e. The fourth-order valence-corrected chi connectivity index (χ4v) is 3.70. The first-order valence-corrected chi connectivity index (χ1v) is 9.79. The van der Waals surface area contributed by atoms with Crippen molar-refractivity contribution in [2.24, 2.45) is 0 Å². The van der Waals surface area contributed by atoms with Crippen LogP contribution in [0.3, 0.4) is 0 Å². The summed E-state index contributed by atoms with van der Waals surface area (Å²) >= 11 is 0. The Morgan fingerprint density at radius 3 is 2.83 bits per heavy atom. The molecular formula is C21H22N6O3. The normalized spacial score (nSPS) is 16.3. The van der Waals surface area contributed by atoms with Crippen molar-refractivity contribution in [3.8, 4) is 23.0 Å². The van der Waals surface area contributed by atoms with Crippen LogP contribution in [0, 0.1) is 0 Å². The highest BCUT2D eigenvalue weighted by Gasteiger charge is 2.25. The molecule has 0 bridgehead atoms. The number of imidazole rings is 1. The minimum Gasteiger partial charge on any atom is -0.493 e. The summed E-state index contributed by atoms with van der Waals surface area (Å²) in [6.45, 7) is 1.35. The zero-order valence-electron chi connectivity index (χ0n) is 16.9. The fraction of sp³-hybridized carbons (Fsp3) is 0.333. The monoisotopic (exact) mass is 406 g/mol. The molecule has 0 N–H and O–H groups in total. The summed E-state index contributed by atoms with van der Waals surface area (Å²) in [6, 6.07) is 7.85. The van der Waals surface area contributed by atoms with Crippen molar-refractivity contribution >= 4 is 5.78 Å². The molecule has 4 heterocycles. The second kappa shape index (κ2) is 7.75. The lowest BCUT2D eigenvalue weighted by molar-refractivity contribution is 0.184. The minimum absolute atomic E-state index is 0.143. The lowest BCUT2D eigenvalue weighted by Crippen LogP contribution is -2.12. The van der Waals surface area contributed by atoms with E-state index in [-0.39, 0.29) is 6.04 Å². The average Bonchev–Trinajstić information content (AvgIpc) is 3.52. The number of aromatic nitrogens is 6. The maximum absolute atomic E-state index is 5.59. The number of rotatable bonds is 6. The van der Waals surface area contributed by atoms with Crippen LogP contribution >= 0.6 is 0 Å². The Balaban J connectivity index is 1.53. The molecule has 1 aromatic carbocycles. The molecule has 0 spiro atoms. The molecule has 30 heavy (non-hydrogen) atoms. The van der Waals surface area contributed by atoms with Crippen molar-refractivity contribution in [1.29, 1.82) is 0 Å². The van der Waals surface area contributed by atoms with Crippen LogP contribution < -0.4 is 9.47 Å². The molecule has 1 aliphatic heterocycles. The van der Waals surface area contributed by atoms with E-state index in [0.717, 1.165) is 30.1 Å². The lowest BCUT2D eigenvalue weighted by atomic mass is 10.1. The van der Waals surface area contributed by atoms with Crippen LogP contribution in [0.15, 0.2) is 42.9 Å². The van der Waals surface area contributed by atoms with Gasteiger partial charge in [-0.25, -0.2) is 19.6 Å². The van der Waals surface area contributed by atoms with Crippen molar-refractivity contribution in [2.75, 3.05) is 27.4 Å². The van der Waals surface area contributed by atoms with Crippen LogP contribution in [0.4, 0.5) is 0 Å². The number of fused-ring (bicyclic) bond motifs is 1. The van der Waals surface area contributed by atoms with Gasteiger partial charge in [-0.15, -0.1) is 0 Å². The van der Waals surface area contributed by atoms with E-state index >= 15 is 0 Å². The highest BCUT2D eigenvalue weighted by atomic mass is 16.5. The fourth-order valence-electron chi connectivity index (χ4n) is 3.70. The smallest absolute Gasteiger partial charge is 0.234 e. The number of nitrogens with zero attached hydrogens (tertiary/aromatic N) is 6. The topological polar surface area (TPSA) is 88.6 Å². The number of benzene rings is 1. The first kappa shape index (κ1) is 18.6. The summed E-state index contributed by atoms with van der Waals surface area (Å²) < 4.78 is 20.2. The van der Waals surface area contributed by atoms with Crippen LogP contribution in [0.25, 0.3) is 17.3 Å². The van der Waals surface area contributed by atoms with Crippen LogP contribution in [0.2, 0.25) is 0 Å². The van der Waals surface area contributed by atoms with E-state index in [1.165, 1.54) is 0 Å². The van der Waals surface area contributed by atoms with Crippen LogP contribution in [-0.4, -0.2) is 56.6 Å². The molecule has 4 aromatic rings. The van der Waals surface area contributed by atoms with Crippen LogP contribution in [0.1, 0.15) is 23.9 Å². The summed E-state index contributed by atoms with van der Waals surface area (Å²) in [6.07, 6.45) is 7.04. The Kier molecular flexibility index (Phi) is 4.80. The summed E-state index contributed by atoms with van der Waals surface area (Å²) in [5.74, 6) is 3.46. The van der Waals surface area contributed by atoms with Gasteiger partial charge in [0, 0.05) is 31.6 Å². The van der Waals surface area contributed by atoms with E-state index in [0.29, 0.717) is 36.1 Å². The molecule has 1 atom stereocenters. The van der Waals surface area contributed by atoms with Crippen molar-refractivity contribution in [3.05, 3.63) is 54.2 Å². The molecule has 1 fully saturated rings. The highest BCUT2D eigenvalue weighted by Crippen LogP contribution is 2.29. The third kappa shape index (κ3) is 3.37. The summed E-state index contributed by atoms with van der Waals surface area (Å²) in [5, 5.41) is 4.82. The Morgan fingerprint density at radius 2 is 2.07 bits per heavy atom. The third-order valence-electron chi connectivity index (χ3n) is 5.20. The molecule has 0 saturated carbocycles.